The predicted octanol–water partition coefficient (Wildman–Crippen LogP) is 1.19. The molecule has 0 aromatic heterocycles. The van der Waals surface area contributed by atoms with E-state index in [4.69, 9.17) is 5.73 Å². The van der Waals surface area contributed by atoms with Gasteiger partial charge in [0.05, 0.1) is 6.04 Å². The van der Waals surface area contributed by atoms with E-state index in [-0.39, 0.29) is 11.8 Å². The Kier molecular flexibility index (Phi) is 3.65. The number of hydrogen-bond acceptors (Lipinski definition) is 3. The average Bonchev–Trinajstić information content (AvgIpc) is 2.19. The minimum Gasteiger partial charge on any atom is -0.388 e. The fourth-order valence-electron chi connectivity index (χ4n) is 1.21. The van der Waals surface area contributed by atoms with Crippen molar-refractivity contribution in [1.29, 1.82) is 0 Å². The third-order valence-electron chi connectivity index (χ3n) is 2.22. The maximum absolute atomic E-state index is 10.9. The zero-order valence-corrected chi connectivity index (χ0v) is 8.58. The highest BCUT2D eigenvalue weighted by atomic mass is 16.1. The van der Waals surface area contributed by atoms with Gasteiger partial charge in [-0.1, -0.05) is 12.1 Å². The molecule has 0 heterocycles. The number of carbonyl (C=O) groups excluding carboxylic acids is 1. The van der Waals surface area contributed by atoms with Gasteiger partial charge in [0.2, 0.25) is 0 Å². The van der Waals surface area contributed by atoms with Crippen LogP contribution in [0.5, 0.6) is 0 Å². The molecule has 1 aromatic rings. The zero-order valence-electron chi connectivity index (χ0n) is 8.58. The topological polar surface area (TPSA) is 55.1 Å². The molecule has 0 radical (unpaired) electrons. The van der Waals surface area contributed by atoms with Gasteiger partial charge in [-0.2, -0.15) is 0 Å². The van der Waals surface area contributed by atoms with Gasteiger partial charge in [0.25, 0.3) is 0 Å². The van der Waals surface area contributed by atoms with Gasteiger partial charge in [0.1, 0.15) is 5.78 Å². The second-order valence-corrected chi connectivity index (χ2v) is 3.37. The van der Waals surface area contributed by atoms with E-state index >= 15 is 0 Å². The van der Waals surface area contributed by atoms with Crippen LogP contribution in [0.4, 0.5) is 5.69 Å². The number of ketones is 1. The van der Waals surface area contributed by atoms with Crippen LogP contribution in [-0.4, -0.2) is 18.9 Å². The highest BCUT2D eigenvalue weighted by molar-refractivity contribution is 5.81. The second-order valence-electron chi connectivity index (χ2n) is 3.37. The first-order chi connectivity index (χ1) is 6.63. The Morgan fingerprint density at radius 1 is 1.43 bits per heavy atom. The lowest BCUT2D eigenvalue weighted by atomic mass is 10.0. The van der Waals surface area contributed by atoms with Gasteiger partial charge in [0, 0.05) is 12.7 Å². The lowest BCUT2D eigenvalue weighted by molar-refractivity contribution is -0.118. The smallest absolute Gasteiger partial charge is 0.146 e. The number of benzene rings is 1. The SMILES string of the molecule is CNc1ccc(CC(N)C(C)=O)cc1. The molecule has 1 rings (SSSR count). The molecular weight excluding hydrogens is 176 g/mol. The summed E-state index contributed by atoms with van der Waals surface area (Å²) in [6.07, 6.45) is 0.610. The van der Waals surface area contributed by atoms with Crippen molar-refractivity contribution in [2.24, 2.45) is 5.73 Å². The van der Waals surface area contributed by atoms with Crippen molar-refractivity contribution in [2.75, 3.05) is 12.4 Å². The Bertz CT molecular complexity index is 306. The number of carbonyl (C=O) groups is 1. The zero-order chi connectivity index (χ0) is 10.6. The van der Waals surface area contributed by atoms with Crippen molar-refractivity contribution >= 4 is 11.5 Å². The van der Waals surface area contributed by atoms with E-state index in [2.05, 4.69) is 5.32 Å². The average molecular weight is 192 g/mol. The van der Waals surface area contributed by atoms with Gasteiger partial charge < -0.3 is 11.1 Å². The molecular formula is C11H16N2O. The van der Waals surface area contributed by atoms with Crippen LogP contribution in [0, 0.1) is 0 Å². The van der Waals surface area contributed by atoms with Gasteiger partial charge in [-0.3, -0.25) is 4.79 Å². The van der Waals surface area contributed by atoms with Crippen LogP contribution in [-0.2, 0) is 11.2 Å². The summed E-state index contributed by atoms with van der Waals surface area (Å²) in [5.74, 6) is 0.0303. The molecule has 1 atom stereocenters. The molecule has 0 aliphatic rings. The first-order valence-electron chi connectivity index (χ1n) is 4.66. The number of Topliss-reactive ketones (excluding diaryl/α,β-unsaturated/α-hetero) is 1. The third-order valence-corrected chi connectivity index (χ3v) is 2.22. The van der Waals surface area contributed by atoms with Crippen molar-refractivity contribution in [3.63, 3.8) is 0 Å². The highest BCUT2D eigenvalue weighted by Crippen LogP contribution is 2.09. The van der Waals surface area contributed by atoms with E-state index in [0.717, 1.165) is 11.3 Å². The molecule has 76 valence electrons. The van der Waals surface area contributed by atoms with Crippen LogP contribution < -0.4 is 11.1 Å². The van der Waals surface area contributed by atoms with Gasteiger partial charge >= 0.3 is 0 Å². The number of hydrogen-bond donors (Lipinski definition) is 2. The molecule has 0 spiro atoms. The molecule has 3 N–H and O–H groups in total. The molecule has 1 aromatic carbocycles. The molecule has 14 heavy (non-hydrogen) atoms. The van der Waals surface area contributed by atoms with E-state index in [1.54, 1.807) is 0 Å². The summed E-state index contributed by atoms with van der Waals surface area (Å²) in [6.45, 7) is 1.52. The minimum atomic E-state index is -0.379. The lowest BCUT2D eigenvalue weighted by Gasteiger charge is -2.08. The summed E-state index contributed by atoms with van der Waals surface area (Å²) in [6, 6.07) is 7.53. The molecule has 1 unspecified atom stereocenters. The summed E-state index contributed by atoms with van der Waals surface area (Å²) < 4.78 is 0. The van der Waals surface area contributed by atoms with Crippen molar-refractivity contribution in [2.45, 2.75) is 19.4 Å². The molecule has 0 aliphatic carbocycles. The maximum Gasteiger partial charge on any atom is 0.146 e. The van der Waals surface area contributed by atoms with Crippen LogP contribution in [0.1, 0.15) is 12.5 Å². The van der Waals surface area contributed by atoms with E-state index < -0.39 is 0 Å². The molecule has 0 fully saturated rings. The molecule has 0 saturated carbocycles. The van der Waals surface area contributed by atoms with Crippen LogP contribution in [0.3, 0.4) is 0 Å². The second kappa shape index (κ2) is 4.77. The quantitative estimate of drug-likeness (QED) is 0.753. The molecule has 0 aliphatic heterocycles. The number of nitrogens with two attached hydrogens (primary N) is 1. The first kappa shape index (κ1) is 10.7. The molecule has 0 saturated heterocycles. The summed E-state index contributed by atoms with van der Waals surface area (Å²) in [5, 5.41) is 3.03. The Balaban J connectivity index is 2.64. The Morgan fingerprint density at radius 3 is 2.43 bits per heavy atom. The van der Waals surface area contributed by atoms with Crippen LogP contribution in [0.15, 0.2) is 24.3 Å². The van der Waals surface area contributed by atoms with Crippen LogP contribution in [0.2, 0.25) is 0 Å². The Labute approximate surface area is 84.3 Å². The summed E-state index contributed by atoms with van der Waals surface area (Å²) in [7, 11) is 1.87. The third kappa shape index (κ3) is 2.85. The normalized spacial score (nSPS) is 12.2. The van der Waals surface area contributed by atoms with E-state index in [1.165, 1.54) is 6.92 Å². The monoisotopic (exact) mass is 192 g/mol. The molecule has 0 amide bonds. The van der Waals surface area contributed by atoms with Gasteiger partial charge in [0.15, 0.2) is 0 Å². The molecule has 3 heteroatoms. The minimum absolute atomic E-state index is 0.0303. The highest BCUT2D eigenvalue weighted by Gasteiger charge is 2.08. The van der Waals surface area contributed by atoms with Crippen molar-refractivity contribution in [1.82, 2.24) is 0 Å². The standard InChI is InChI=1S/C11H16N2O/c1-8(14)11(12)7-9-3-5-10(13-2)6-4-9/h3-6,11,13H,7,12H2,1-2H3. The summed E-state index contributed by atoms with van der Waals surface area (Å²) in [4.78, 5) is 10.9. The fraction of sp³-hybridized carbons (Fsp3) is 0.364. The van der Waals surface area contributed by atoms with Crippen LogP contribution in [0.25, 0.3) is 0 Å². The van der Waals surface area contributed by atoms with Gasteiger partial charge in [-0.25, -0.2) is 0 Å². The fourth-order valence-corrected chi connectivity index (χ4v) is 1.21. The number of anilines is 1. The van der Waals surface area contributed by atoms with Gasteiger partial charge in [-0.05, 0) is 31.0 Å². The summed E-state index contributed by atoms with van der Waals surface area (Å²) >= 11 is 0. The molecule has 3 nitrogen and oxygen atoms in total. The van der Waals surface area contributed by atoms with Crippen molar-refractivity contribution < 1.29 is 4.79 Å². The largest absolute Gasteiger partial charge is 0.388 e. The van der Waals surface area contributed by atoms with Crippen molar-refractivity contribution in [3.05, 3.63) is 29.8 Å². The van der Waals surface area contributed by atoms with E-state index in [0.29, 0.717) is 6.42 Å². The lowest BCUT2D eigenvalue weighted by Crippen LogP contribution is -2.30. The van der Waals surface area contributed by atoms with E-state index in [9.17, 15) is 4.79 Å². The van der Waals surface area contributed by atoms with Gasteiger partial charge in [-0.15, -0.1) is 0 Å². The Morgan fingerprint density at radius 2 is 2.00 bits per heavy atom. The number of nitrogens with one attached hydrogen (secondary N) is 1. The first-order valence-corrected chi connectivity index (χ1v) is 4.66. The molecule has 0 bridgehead atoms. The Hall–Kier alpha value is -1.35. The number of rotatable bonds is 4. The predicted molar refractivity (Wildman–Crippen MR) is 58.3 cm³/mol. The van der Waals surface area contributed by atoms with E-state index in [1.807, 2.05) is 31.3 Å². The van der Waals surface area contributed by atoms with Crippen LogP contribution >= 0.6 is 0 Å². The maximum atomic E-state index is 10.9. The van der Waals surface area contributed by atoms with Crippen molar-refractivity contribution in [3.8, 4) is 0 Å². The summed E-state index contributed by atoms with van der Waals surface area (Å²) in [5.41, 5.74) is 7.80.